The Morgan fingerprint density at radius 3 is 2.16 bits per heavy atom. The van der Waals surface area contributed by atoms with Crippen LogP contribution in [0.5, 0.6) is 0 Å². The molecule has 0 saturated carbocycles. The molecule has 0 fully saturated rings. The smallest absolute Gasteiger partial charge is 0.221 e. The maximum Gasteiger partial charge on any atom is 0.221 e. The van der Waals surface area contributed by atoms with E-state index in [0.29, 0.717) is 11.8 Å². The minimum absolute atomic E-state index is 0.280. The Balaban J connectivity index is 2.26. The normalized spacial score (nSPS) is 20.1. The van der Waals surface area contributed by atoms with Crippen molar-refractivity contribution < 1.29 is 4.79 Å². The summed E-state index contributed by atoms with van der Waals surface area (Å²) in [6.45, 7) is 6.60. The van der Waals surface area contributed by atoms with Gasteiger partial charge >= 0.3 is 0 Å². The van der Waals surface area contributed by atoms with Crippen LogP contribution in [-0.4, -0.2) is 17.3 Å². The molecule has 2 atom stereocenters. The first kappa shape index (κ1) is 19.4. The van der Waals surface area contributed by atoms with Gasteiger partial charge in [-0.3, -0.25) is 4.79 Å². The summed E-state index contributed by atoms with van der Waals surface area (Å²) in [6, 6.07) is 8.07. The predicted octanol–water partition coefficient (Wildman–Crippen LogP) is 4.51. The van der Waals surface area contributed by atoms with Gasteiger partial charge in [-0.1, -0.05) is 63.8 Å². The molecule has 1 aliphatic rings. The molecule has 0 bridgehead atoms. The molecule has 4 heteroatoms. The van der Waals surface area contributed by atoms with E-state index >= 15 is 0 Å². The summed E-state index contributed by atoms with van der Waals surface area (Å²) in [4.78, 5) is 11.1. The molecule has 2 N–H and O–H groups in total. The van der Waals surface area contributed by atoms with Crippen molar-refractivity contribution in [1.29, 1.82) is 0 Å². The quantitative estimate of drug-likeness (QED) is 0.705. The fourth-order valence-corrected chi connectivity index (χ4v) is 3.63. The second-order valence-electron chi connectivity index (χ2n) is 7.06. The SMILES string of the molecule is CCCCC1C(C)=NN=C(c2ccc(CC(N)=O)cc2)C1CCCC. The Hall–Kier alpha value is -1.97. The van der Waals surface area contributed by atoms with E-state index in [-0.39, 0.29) is 12.3 Å². The van der Waals surface area contributed by atoms with E-state index in [1.54, 1.807) is 0 Å². The van der Waals surface area contributed by atoms with Gasteiger partial charge in [0.05, 0.1) is 12.1 Å². The van der Waals surface area contributed by atoms with Crippen molar-refractivity contribution in [3.05, 3.63) is 35.4 Å². The first-order chi connectivity index (χ1) is 12.1. The third kappa shape index (κ3) is 5.25. The van der Waals surface area contributed by atoms with Crippen LogP contribution in [0.2, 0.25) is 0 Å². The van der Waals surface area contributed by atoms with Crippen LogP contribution in [0, 0.1) is 11.8 Å². The van der Waals surface area contributed by atoms with E-state index in [0.717, 1.165) is 23.3 Å². The van der Waals surface area contributed by atoms with Crippen molar-refractivity contribution in [2.75, 3.05) is 0 Å². The van der Waals surface area contributed by atoms with Crippen LogP contribution in [-0.2, 0) is 11.2 Å². The van der Waals surface area contributed by atoms with Crippen molar-refractivity contribution in [1.82, 2.24) is 0 Å². The highest BCUT2D eigenvalue weighted by atomic mass is 16.1. The van der Waals surface area contributed by atoms with Crippen LogP contribution >= 0.6 is 0 Å². The minimum Gasteiger partial charge on any atom is -0.369 e. The highest BCUT2D eigenvalue weighted by Gasteiger charge is 2.31. The monoisotopic (exact) mass is 341 g/mol. The topological polar surface area (TPSA) is 67.8 Å². The number of rotatable bonds is 9. The van der Waals surface area contributed by atoms with Crippen LogP contribution in [0.1, 0.15) is 70.4 Å². The molecule has 1 aromatic rings. The summed E-state index contributed by atoms with van der Waals surface area (Å²) < 4.78 is 0. The average molecular weight is 341 g/mol. The van der Waals surface area contributed by atoms with Gasteiger partial charge in [0.15, 0.2) is 0 Å². The molecular weight excluding hydrogens is 310 g/mol. The van der Waals surface area contributed by atoms with Crippen LogP contribution in [0.4, 0.5) is 0 Å². The van der Waals surface area contributed by atoms with Crippen LogP contribution in [0.15, 0.2) is 34.5 Å². The van der Waals surface area contributed by atoms with Crippen molar-refractivity contribution in [3.63, 3.8) is 0 Å². The molecule has 1 aliphatic heterocycles. The summed E-state index contributed by atoms with van der Waals surface area (Å²) in [5, 5.41) is 9.06. The van der Waals surface area contributed by atoms with Crippen molar-refractivity contribution >= 4 is 17.3 Å². The van der Waals surface area contributed by atoms with Crippen molar-refractivity contribution in [2.24, 2.45) is 27.8 Å². The fourth-order valence-electron chi connectivity index (χ4n) is 3.63. The maximum atomic E-state index is 11.1. The van der Waals surface area contributed by atoms with E-state index < -0.39 is 0 Å². The number of carbonyl (C=O) groups excluding carboxylic acids is 1. The van der Waals surface area contributed by atoms with E-state index in [1.165, 1.54) is 37.8 Å². The van der Waals surface area contributed by atoms with Gasteiger partial charge in [-0.05, 0) is 30.9 Å². The molecular formula is C21H31N3O. The highest BCUT2D eigenvalue weighted by Crippen LogP contribution is 2.32. The third-order valence-corrected chi connectivity index (χ3v) is 5.05. The molecule has 2 unspecified atom stereocenters. The molecule has 0 saturated heterocycles. The number of carbonyl (C=O) groups is 1. The van der Waals surface area contributed by atoms with Crippen LogP contribution in [0.25, 0.3) is 0 Å². The lowest BCUT2D eigenvalue weighted by molar-refractivity contribution is -0.117. The second-order valence-corrected chi connectivity index (χ2v) is 7.06. The number of hydrogen-bond donors (Lipinski definition) is 1. The molecule has 0 spiro atoms. The maximum absolute atomic E-state index is 11.1. The Bertz CT molecular complexity index is 631. The molecule has 1 heterocycles. The lowest BCUT2D eigenvalue weighted by Crippen LogP contribution is -2.32. The molecule has 0 radical (unpaired) electrons. The van der Waals surface area contributed by atoms with Gasteiger partial charge in [-0.15, -0.1) is 0 Å². The zero-order valence-electron chi connectivity index (χ0n) is 15.8. The molecule has 2 rings (SSSR count). The molecule has 0 aromatic heterocycles. The van der Waals surface area contributed by atoms with Gasteiger partial charge in [0.1, 0.15) is 0 Å². The van der Waals surface area contributed by atoms with Crippen LogP contribution < -0.4 is 5.73 Å². The van der Waals surface area contributed by atoms with Crippen molar-refractivity contribution in [2.45, 2.75) is 65.7 Å². The Morgan fingerprint density at radius 1 is 1.00 bits per heavy atom. The largest absolute Gasteiger partial charge is 0.369 e. The van der Waals surface area contributed by atoms with Crippen LogP contribution in [0.3, 0.4) is 0 Å². The number of nitrogens with zero attached hydrogens (tertiary/aromatic N) is 2. The van der Waals surface area contributed by atoms with E-state index in [4.69, 9.17) is 5.73 Å². The number of hydrogen-bond acceptors (Lipinski definition) is 3. The molecule has 1 amide bonds. The number of primary amides is 1. The standard InChI is InChI=1S/C21H31N3O/c1-4-6-8-18-15(3)23-24-21(19(18)9-7-5-2)17-12-10-16(11-13-17)14-20(22)25/h10-13,18-19H,4-9,14H2,1-3H3,(H2,22,25). The summed E-state index contributed by atoms with van der Waals surface area (Å²) in [6.07, 6.45) is 7.45. The van der Waals surface area contributed by atoms with Gasteiger partial charge in [0, 0.05) is 17.5 Å². The Kier molecular flexibility index (Phi) is 7.35. The predicted molar refractivity (Wildman–Crippen MR) is 105 cm³/mol. The fraction of sp³-hybridized carbons (Fsp3) is 0.571. The number of amides is 1. The minimum atomic E-state index is -0.302. The zero-order chi connectivity index (χ0) is 18.2. The number of unbranched alkanes of at least 4 members (excludes halogenated alkanes) is 2. The molecule has 0 aliphatic carbocycles. The third-order valence-electron chi connectivity index (χ3n) is 5.05. The Morgan fingerprint density at radius 2 is 1.60 bits per heavy atom. The molecule has 4 nitrogen and oxygen atoms in total. The van der Waals surface area contributed by atoms with E-state index in [2.05, 4.69) is 43.1 Å². The summed E-state index contributed by atoms with van der Waals surface area (Å²) >= 11 is 0. The van der Waals surface area contributed by atoms with Gasteiger partial charge in [0.2, 0.25) is 5.91 Å². The summed E-state index contributed by atoms with van der Waals surface area (Å²) in [5.74, 6) is 0.624. The zero-order valence-corrected chi connectivity index (χ0v) is 15.8. The van der Waals surface area contributed by atoms with Gasteiger partial charge in [0.25, 0.3) is 0 Å². The first-order valence-corrected chi connectivity index (χ1v) is 9.56. The lowest BCUT2D eigenvalue weighted by Gasteiger charge is -2.31. The molecule has 25 heavy (non-hydrogen) atoms. The summed E-state index contributed by atoms with van der Waals surface area (Å²) in [5.41, 5.74) is 9.62. The van der Waals surface area contributed by atoms with Gasteiger partial charge in [-0.25, -0.2) is 0 Å². The van der Waals surface area contributed by atoms with Gasteiger partial charge < -0.3 is 5.73 Å². The second kappa shape index (κ2) is 9.50. The van der Waals surface area contributed by atoms with Crippen molar-refractivity contribution in [3.8, 4) is 0 Å². The highest BCUT2D eigenvalue weighted by molar-refractivity contribution is 6.06. The number of benzene rings is 1. The average Bonchev–Trinajstić information content (AvgIpc) is 2.59. The van der Waals surface area contributed by atoms with E-state index in [9.17, 15) is 4.79 Å². The molecule has 136 valence electrons. The lowest BCUT2D eigenvalue weighted by atomic mass is 9.76. The first-order valence-electron chi connectivity index (χ1n) is 9.56. The van der Waals surface area contributed by atoms with Gasteiger partial charge in [-0.2, -0.15) is 10.2 Å². The number of nitrogens with two attached hydrogens (primary N) is 1. The Labute approximate surface area is 151 Å². The van der Waals surface area contributed by atoms with E-state index in [1.807, 2.05) is 12.1 Å². The molecule has 1 aromatic carbocycles. The summed E-state index contributed by atoms with van der Waals surface area (Å²) in [7, 11) is 0.